The number of hydrogen-bond acceptors (Lipinski definition) is 3. The number of piperazine rings is 1. The molecule has 0 aromatic heterocycles. The van der Waals surface area contributed by atoms with E-state index in [1.165, 1.54) is 12.8 Å². The molecule has 1 aliphatic carbocycles. The molecular weight excluding hydrogens is 345 g/mol. The van der Waals surface area contributed by atoms with E-state index in [1.807, 2.05) is 18.2 Å². The zero-order valence-corrected chi connectivity index (χ0v) is 15.5. The smallest absolute Gasteiger partial charge is 0.234 e. The first-order valence-corrected chi connectivity index (χ1v) is 9.54. The van der Waals surface area contributed by atoms with Crippen LogP contribution >= 0.6 is 23.2 Å². The zero-order chi connectivity index (χ0) is 16.9. The maximum atomic E-state index is 12.1. The molecule has 0 bridgehead atoms. The minimum absolute atomic E-state index is 0.171. The summed E-state index contributed by atoms with van der Waals surface area (Å²) in [6.45, 7) is 4.94. The Morgan fingerprint density at radius 2 is 1.62 bits per heavy atom. The topological polar surface area (TPSA) is 35.6 Å². The summed E-state index contributed by atoms with van der Waals surface area (Å²) in [5.74, 6) is 0.171. The second-order valence-corrected chi connectivity index (χ2v) is 7.62. The molecule has 1 heterocycles. The van der Waals surface area contributed by atoms with Gasteiger partial charge in [0.05, 0.1) is 6.54 Å². The molecule has 0 radical (unpaired) electrons. The molecule has 6 heteroatoms. The molecule has 2 aliphatic rings. The standard InChI is InChI=1S/C18H25Cl2N3O/c19-16-6-3-7-17(20)15(16)12-22-8-10-23(11-9-22)13-18(24)21-14-4-1-2-5-14/h3,6-7,14H,1-2,4-5,8-13H2,(H,21,24). The predicted octanol–water partition coefficient (Wildman–Crippen LogP) is 3.17. The molecule has 1 aromatic rings. The first-order valence-electron chi connectivity index (χ1n) is 8.79. The van der Waals surface area contributed by atoms with Gasteiger partial charge in [0, 0.05) is 54.4 Å². The Hall–Kier alpha value is -0.810. The van der Waals surface area contributed by atoms with Gasteiger partial charge in [-0.25, -0.2) is 0 Å². The fourth-order valence-corrected chi connectivity index (χ4v) is 4.08. The summed E-state index contributed by atoms with van der Waals surface area (Å²) in [6.07, 6.45) is 4.76. The SMILES string of the molecule is O=C(CN1CCN(Cc2c(Cl)cccc2Cl)CC1)NC1CCCC1. The predicted molar refractivity (Wildman–Crippen MR) is 98.6 cm³/mol. The highest BCUT2D eigenvalue weighted by Crippen LogP contribution is 2.26. The van der Waals surface area contributed by atoms with Crippen LogP contribution in [0.4, 0.5) is 0 Å². The maximum absolute atomic E-state index is 12.1. The number of carbonyl (C=O) groups is 1. The molecule has 1 saturated heterocycles. The Balaban J connectivity index is 1.43. The lowest BCUT2D eigenvalue weighted by molar-refractivity contribution is -0.123. The molecule has 0 atom stereocenters. The van der Waals surface area contributed by atoms with Gasteiger partial charge in [-0.15, -0.1) is 0 Å². The van der Waals surface area contributed by atoms with Gasteiger partial charge in [0.15, 0.2) is 0 Å². The van der Waals surface area contributed by atoms with Crippen molar-refractivity contribution < 1.29 is 4.79 Å². The molecule has 24 heavy (non-hydrogen) atoms. The van der Waals surface area contributed by atoms with Gasteiger partial charge in [-0.05, 0) is 25.0 Å². The summed E-state index contributed by atoms with van der Waals surface area (Å²) in [7, 11) is 0. The summed E-state index contributed by atoms with van der Waals surface area (Å²) in [4.78, 5) is 16.7. The van der Waals surface area contributed by atoms with E-state index in [2.05, 4.69) is 15.1 Å². The minimum Gasteiger partial charge on any atom is -0.352 e. The Morgan fingerprint density at radius 3 is 2.25 bits per heavy atom. The number of benzene rings is 1. The van der Waals surface area contributed by atoms with Crippen LogP contribution in [0.15, 0.2) is 18.2 Å². The van der Waals surface area contributed by atoms with E-state index in [9.17, 15) is 4.79 Å². The van der Waals surface area contributed by atoms with Crippen LogP contribution in [0.3, 0.4) is 0 Å². The van der Waals surface area contributed by atoms with Crippen molar-refractivity contribution in [3.63, 3.8) is 0 Å². The van der Waals surface area contributed by atoms with E-state index in [0.717, 1.165) is 61.2 Å². The van der Waals surface area contributed by atoms with Crippen LogP contribution in [-0.4, -0.2) is 54.5 Å². The molecule has 2 fully saturated rings. The van der Waals surface area contributed by atoms with Gasteiger partial charge in [0.2, 0.25) is 5.91 Å². The van der Waals surface area contributed by atoms with Crippen LogP contribution < -0.4 is 5.32 Å². The van der Waals surface area contributed by atoms with E-state index < -0.39 is 0 Å². The average Bonchev–Trinajstić information content (AvgIpc) is 3.05. The Kier molecular flexibility index (Phi) is 6.39. The number of carbonyl (C=O) groups excluding carboxylic acids is 1. The van der Waals surface area contributed by atoms with Crippen LogP contribution in [-0.2, 0) is 11.3 Å². The lowest BCUT2D eigenvalue weighted by Gasteiger charge is -2.34. The number of nitrogens with one attached hydrogen (secondary N) is 1. The molecular formula is C18H25Cl2N3O. The highest BCUT2D eigenvalue weighted by molar-refractivity contribution is 6.35. The van der Waals surface area contributed by atoms with E-state index in [4.69, 9.17) is 23.2 Å². The molecule has 1 aliphatic heterocycles. The number of rotatable bonds is 5. The van der Waals surface area contributed by atoms with Crippen molar-refractivity contribution in [2.45, 2.75) is 38.3 Å². The quantitative estimate of drug-likeness (QED) is 0.865. The first kappa shape index (κ1) is 18.0. The maximum Gasteiger partial charge on any atom is 0.234 e. The molecule has 1 amide bonds. The number of halogens is 2. The van der Waals surface area contributed by atoms with Crippen LogP contribution in [0.1, 0.15) is 31.2 Å². The van der Waals surface area contributed by atoms with Crippen molar-refractivity contribution in [2.24, 2.45) is 0 Å². The lowest BCUT2D eigenvalue weighted by atomic mass is 10.2. The van der Waals surface area contributed by atoms with Crippen LogP contribution in [0.25, 0.3) is 0 Å². The van der Waals surface area contributed by atoms with Crippen LogP contribution in [0, 0.1) is 0 Å². The third kappa shape index (κ3) is 4.85. The number of amides is 1. The fourth-order valence-electron chi connectivity index (χ4n) is 3.56. The van der Waals surface area contributed by atoms with E-state index >= 15 is 0 Å². The summed E-state index contributed by atoms with van der Waals surface area (Å²) >= 11 is 12.5. The summed E-state index contributed by atoms with van der Waals surface area (Å²) in [6, 6.07) is 6.04. The van der Waals surface area contributed by atoms with Gasteiger partial charge in [-0.2, -0.15) is 0 Å². The van der Waals surface area contributed by atoms with E-state index in [1.54, 1.807) is 0 Å². The molecule has 4 nitrogen and oxygen atoms in total. The second-order valence-electron chi connectivity index (χ2n) is 6.80. The third-order valence-corrected chi connectivity index (χ3v) is 5.70. The van der Waals surface area contributed by atoms with Crippen molar-refractivity contribution in [1.29, 1.82) is 0 Å². The van der Waals surface area contributed by atoms with Gasteiger partial charge in [0.1, 0.15) is 0 Å². The van der Waals surface area contributed by atoms with E-state index in [0.29, 0.717) is 12.6 Å². The summed E-state index contributed by atoms with van der Waals surface area (Å²) in [5, 5.41) is 4.61. The molecule has 0 unspecified atom stereocenters. The Labute approximate surface area is 154 Å². The molecule has 1 aromatic carbocycles. The summed E-state index contributed by atoms with van der Waals surface area (Å²) < 4.78 is 0. The van der Waals surface area contributed by atoms with E-state index in [-0.39, 0.29) is 5.91 Å². The lowest BCUT2D eigenvalue weighted by Crippen LogP contribution is -2.50. The van der Waals surface area contributed by atoms with Gasteiger partial charge in [-0.3, -0.25) is 14.6 Å². The zero-order valence-electron chi connectivity index (χ0n) is 13.9. The monoisotopic (exact) mass is 369 g/mol. The second kappa shape index (κ2) is 8.52. The highest BCUT2D eigenvalue weighted by atomic mass is 35.5. The van der Waals surface area contributed by atoms with Gasteiger partial charge in [-0.1, -0.05) is 42.1 Å². The molecule has 1 N–H and O–H groups in total. The van der Waals surface area contributed by atoms with Gasteiger partial charge >= 0.3 is 0 Å². The first-order chi connectivity index (χ1) is 11.6. The van der Waals surface area contributed by atoms with Gasteiger partial charge < -0.3 is 5.32 Å². The number of nitrogens with zero attached hydrogens (tertiary/aromatic N) is 2. The third-order valence-electron chi connectivity index (χ3n) is 5.00. The fraction of sp³-hybridized carbons (Fsp3) is 0.611. The van der Waals surface area contributed by atoms with Crippen molar-refractivity contribution in [3.8, 4) is 0 Å². The average molecular weight is 370 g/mol. The normalized spacial score (nSPS) is 20.4. The Morgan fingerprint density at radius 1 is 1.04 bits per heavy atom. The minimum atomic E-state index is 0.171. The molecule has 132 valence electrons. The Bertz CT molecular complexity index is 547. The van der Waals surface area contributed by atoms with Crippen LogP contribution in [0.2, 0.25) is 10.0 Å². The molecule has 0 spiro atoms. The van der Waals surface area contributed by atoms with Crippen molar-refractivity contribution in [3.05, 3.63) is 33.8 Å². The summed E-state index contributed by atoms with van der Waals surface area (Å²) in [5.41, 5.74) is 0.994. The number of hydrogen-bond donors (Lipinski definition) is 1. The molecule has 3 rings (SSSR count). The largest absolute Gasteiger partial charge is 0.352 e. The highest BCUT2D eigenvalue weighted by Gasteiger charge is 2.22. The van der Waals surface area contributed by atoms with Gasteiger partial charge in [0.25, 0.3) is 0 Å². The van der Waals surface area contributed by atoms with Crippen molar-refractivity contribution in [2.75, 3.05) is 32.7 Å². The van der Waals surface area contributed by atoms with Crippen molar-refractivity contribution in [1.82, 2.24) is 15.1 Å². The van der Waals surface area contributed by atoms with Crippen LogP contribution in [0.5, 0.6) is 0 Å². The van der Waals surface area contributed by atoms with Crippen molar-refractivity contribution >= 4 is 29.1 Å². The molecule has 1 saturated carbocycles.